The lowest BCUT2D eigenvalue weighted by atomic mass is 9.78. The van der Waals surface area contributed by atoms with Crippen LogP contribution in [0.1, 0.15) is 38.7 Å². The van der Waals surface area contributed by atoms with Crippen LogP contribution in [0.2, 0.25) is 0 Å². The van der Waals surface area contributed by atoms with Gasteiger partial charge in [-0.15, -0.1) is 11.3 Å². The van der Waals surface area contributed by atoms with Crippen LogP contribution in [-0.4, -0.2) is 36.2 Å². The molecule has 3 nitrogen and oxygen atoms in total. The fourth-order valence-corrected chi connectivity index (χ4v) is 4.28. The highest BCUT2D eigenvalue weighted by molar-refractivity contribution is 9.11. The predicted molar refractivity (Wildman–Crippen MR) is 89.2 cm³/mol. The van der Waals surface area contributed by atoms with E-state index in [0.717, 1.165) is 32.4 Å². The minimum atomic E-state index is -0.0406. The second kappa shape index (κ2) is 6.44. The van der Waals surface area contributed by atoms with Gasteiger partial charge in [0.1, 0.15) is 0 Å². The summed E-state index contributed by atoms with van der Waals surface area (Å²) in [6.07, 6.45) is 3.06. The second-order valence-electron chi connectivity index (χ2n) is 6.12. The Labute approximate surface area is 134 Å². The zero-order valence-corrected chi connectivity index (χ0v) is 15.0. The van der Waals surface area contributed by atoms with Crippen LogP contribution in [0.5, 0.6) is 0 Å². The van der Waals surface area contributed by atoms with Crippen LogP contribution >= 0.6 is 27.3 Å². The first-order valence-electron chi connectivity index (χ1n) is 7.21. The molecule has 1 aliphatic rings. The maximum atomic E-state index is 6.17. The van der Waals surface area contributed by atoms with Gasteiger partial charge in [-0.1, -0.05) is 6.92 Å². The molecule has 2 atom stereocenters. The highest BCUT2D eigenvalue weighted by Gasteiger charge is 2.44. The lowest BCUT2D eigenvalue weighted by Crippen LogP contribution is -2.59. The summed E-state index contributed by atoms with van der Waals surface area (Å²) in [6.45, 7) is 6.85. The first kappa shape index (κ1) is 16.4. The standard InChI is InChI=1S/C15H25BrN2OS/c1-4-14(2)10-15(11-17,5-6-19-14)18(3)8-12-7-13(16)20-9-12/h7,9H,4-6,8,10-11,17H2,1-3H3. The summed E-state index contributed by atoms with van der Waals surface area (Å²) < 4.78 is 7.18. The average molecular weight is 361 g/mol. The van der Waals surface area contributed by atoms with E-state index in [2.05, 4.69) is 53.2 Å². The molecule has 0 radical (unpaired) electrons. The van der Waals surface area contributed by atoms with Gasteiger partial charge in [-0.25, -0.2) is 0 Å². The number of hydrogen-bond donors (Lipinski definition) is 1. The molecule has 1 fully saturated rings. The van der Waals surface area contributed by atoms with E-state index in [1.807, 2.05) is 0 Å². The van der Waals surface area contributed by atoms with Crippen molar-refractivity contribution in [1.82, 2.24) is 4.90 Å². The molecule has 0 spiro atoms. The Bertz CT molecular complexity index is 453. The van der Waals surface area contributed by atoms with Gasteiger partial charge in [0, 0.05) is 25.2 Å². The van der Waals surface area contributed by atoms with E-state index in [1.54, 1.807) is 11.3 Å². The van der Waals surface area contributed by atoms with E-state index < -0.39 is 0 Å². The van der Waals surface area contributed by atoms with Gasteiger partial charge in [0.2, 0.25) is 0 Å². The first-order chi connectivity index (χ1) is 9.43. The number of likely N-dealkylation sites (N-methyl/N-ethyl adjacent to an activating group) is 1. The zero-order chi connectivity index (χ0) is 14.8. The van der Waals surface area contributed by atoms with Gasteiger partial charge in [0.25, 0.3) is 0 Å². The summed E-state index contributed by atoms with van der Waals surface area (Å²) in [7, 11) is 2.19. The topological polar surface area (TPSA) is 38.5 Å². The SMILES string of the molecule is CCC1(C)CC(CN)(N(C)Cc2csc(Br)c2)CCO1. The largest absolute Gasteiger partial charge is 0.375 e. The Morgan fingerprint density at radius 2 is 2.30 bits per heavy atom. The van der Waals surface area contributed by atoms with E-state index >= 15 is 0 Å². The third-order valence-electron chi connectivity index (χ3n) is 4.70. The second-order valence-corrected chi connectivity index (χ2v) is 8.41. The zero-order valence-electron chi connectivity index (χ0n) is 12.6. The minimum absolute atomic E-state index is 0.0406. The Morgan fingerprint density at radius 1 is 1.55 bits per heavy atom. The van der Waals surface area contributed by atoms with E-state index in [4.69, 9.17) is 10.5 Å². The molecule has 1 saturated heterocycles. The number of nitrogens with two attached hydrogens (primary N) is 1. The number of ether oxygens (including phenoxy) is 1. The summed E-state index contributed by atoms with van der Waals surface area (Å²) in [5.74, 6) is 0. The van der Waals surface area contributed by atoms with Crippen LogP contribution in [0.25, 0.3) is 0 Å². The number of hydrogen-bond acceptors (Lipinski definition) is 4. The molecule has 2 N–H and O–H groups in total. The maximum absolute atomic E-state index is 6.17. The van der Waals surface area contributed by atoms with Crippen LogP contribution in [0.4, 0.5) is 0 Å². The van der Waals surface area contributed by atoms with E-state index in [-0.39, 0.29) is 11.1 Å². The van der Waals surface area contributed by atoms with Crippen molar-refractivity contribution >= 4 is 27.3 Å². The smallest absolute Gasteiger partial charge is 0.0701 e. The van der Waals surface area contributed by atoms with Crippen molar-refractivity contribution in [3.05, 3.63) is 20.8 Å². The number of nitrogens with zero attached hydrogens (tertiary/aromatic N) is 1. The van der Waals surface area contributed by atoms with Gasteiger partial charge in [-0.05, 0) is 66.2 Å². The quantitative estimate of drug-likeness (QED) is 0.871. The van der Waals surface area contributed by atoms with Crippen LogP contribution in [-0.2, 0) is 11.3 Å². The van der Waals surface area contributed by atoms with Crippen molar-refractivity contribution in [2.75, 3.05) is 20.2 Å². The van der Waals surface area contributed by atoms with Gasteiger partial charge < -0.3 is 10.5 Å². The van der Waals surface area contributed by atoms with E-state index in [9.17, 15) is 0 Å². The highest BCUT2D eigenvalue weighted by Crippen LogP contribution is 2.38. The molecule has 1 aromatic rings. The fraction of sp³-hybridized carbons (Fsp3) is 0.733. The Kier molecular flexibility index (Phi) is 5.29. The molecular formula is C15H25BrN2OS. The van der Waals surface area contributed by atoms with Crippen LogP contribution in [0.3, 0.4) is 0 Å². The summed E-state index contributed by atoms with van der Waals surface area (Å²) in [4.78, 5) is 2.43. The molecule has 20 heavy (non-hydrogen) atoms. The molecule has 2 heterocycles. The fourth-order valence-electron chi connectivity index (χ4n) is 3.08. The molecule has 0 amide bonds. The summed E-state index contributed by atoms with van der Waals surface area (Å²) in [6, 6.07) is 2.20. The molecule has 114 valence electrons. The number of thiophene rings is 1. The summed E-state index contributed by atoms with van der Waals surface area (Å²) in [5, 5.41) is 2.21. The van der Waals surface area contributed by atoms with Crippen molar-refractivity contribution in [3.8, 4) is 0 Å². The Balaban J connectivity index is 2.13. The number of halogens is 1. The summed E-state index contributed by atoms with van der Waals surface area (Å²) >= 11 is 5.27. The molecule has 0 aromatic carbocycles. The van der Waals surface area contributed by atoms with Crippen molar-refractivity contribution in [2.45, 2.75) is 50.8 Å². The molecule has 2 unspecified atom stereocenters. The van der Waals surface area contributed by atoms with Crippen molar-refractivity contribution in [1.29, 1.82) is 0 Å². The van der Waals surface area contributed by atoms with Gasteiger partial charge >= 0.3 is 0 Å². The monoisotopic (exact) mass is 360 g/mol. The Hall–Kier alpha value is 0.0600. The Morgan fingerprint density at radius 3 is 2.85 bits per heavy atom. The van der Waals surface area contributed by atoms with Crippen molar-refractivity contribution in [3.63, 3.8) is 0 Å². The van der Waals surface area contributed by atoms with Gasteiger partial charge in [-0.2, -0.15) is 0 Å². The molecule has 0 aliphatic carbocycles. The van der Waals surface area contributed by atoms with E-state index in [1.165, 1.54) is 9.35 Å². The van der Waals surface area contributed by atoms with Gasteiger partial charge in [0.15, 0.2) is 0 Å². The molecule has 1 aromatic heterocycles. The van der Waals surface area contributed by atoms with Crippen molar-refractivity contribution < 1.29 is 4.74 Å². The average Bonchev–Trinajstić information content (AvgIpc) is 2.84. The third kappa shape index (κ3) is 3.45. The molecule has 5 heteroatoms. The molecule has 0 saturated carbocycles. The van der Waals surface area contributed by atoms with Crippen LogP contribution in [0.15, 0.2) is 15.2 Å². The number of rotatable bonds is 5. The molecule has 1 aliphatic heterocycles. The minimum Gasteiger partial charge on any atom is -0.375 e. The predicted octanol–water partition coefficient (Wildman–Crippen LogP) is 3.62. The van der Waals surface area contributed by atoms with Crippen LogP contribution in [0, 0.1) is 0 Å². The third-order valence-corrected chi connectivity index (χ3v) is 6.25. The summed E-state index contributed by atoms with van der Waals surface area (Å²) in [5.41, 5.74) is 7.53. The normalized spacial score (nSPS) is 30.9. The molecule has 0 bridgehead atoms. The van der Waals surface area contributed by atoms with Crippen molar-refractivity contribution in [2.24, 2.45) is 5.73 Å². The molecule has 2 rings (SSSR count). The first-order valence-corrected chi connectivity index (χ1v) is 8.88. The lowest BCUT2D eigenvalue weighted by molar-refractivity contribution is -0.126. The van der Waals surface area contributed by atoms with Gasteiger partial charge in [0.05, 0.1) is 9.39 Å². The van der Waals surface area contributed by atoms with Gasteiger partial charge in [-0.3, -0.25) is 4.90 Å². The highest BCUT2D eigenvalue weighted by atomic mass is 79.9. The van der Waals surface area contributed by atoms with Crippen LogP contribution < -0.4 is 5.73 Å². The lowest BCUT2D eigenvalue weighted by Gasteiger charge is -2.50. The molecular weight excluding hydrogens is 336 g/mol. The maximum Gasteiger partial charge on any atom is 0.0701 e. The van der Waals surface area contributed by atoms with E-state index in [0.29, 0.717) is 6.54 Å².